The molecule has 6 nitrogen and oxygen atoms in total. The number of carboxylic acids is 1. The van der Waals surface area contributed by atoms with Gasteiger partial charge >= 0.3 is 5.97 Å². The summed E-state index contributed by atoms with van der Waals surface area (Å²) in [6.07, 6.45) is 0.0618. The predicted molar refractivity (Wildman–Crippen MR) is 55.1 cm³/mol. The number of hydrogen-bond acceptors (Lipinski definition) is 4. The second-order valence-corrected chi connectivity index (χ2v) is 3.59. The lowest BCUT2D eigenvalue weighted by Gasteiger charge is -2.28. The smallest absolute Gasteiger partial charge is 0.323 e. The zero-order valence-electron chi connectivity index (χ0n) is 9.35. The highest BCUT2D eigenvalue weighted by atomic mass is 16.6. The number of amides is 1. The van der Waals surface area contributed by atoms with Crippen LogP contribution in [-0.4, -0.2) is 60.9 Å². The summed E-state index contributed by atoms with van der Waals surface area (Å²) in [5.41, 5.74) is 0. The van der Waals surface area contributed by atoms with Gasteiger partial charge in [0.05, 0.1) is 19.8 Å². The first kappa shape index (κ1) is 12.9. The van der Waals surface area contributed by atoms with E-state index in [0.29, 0.717) is 26.2 Å². The van der Waals surface area contributed by atoms with E-state index in [4.69, 9.17) is 14.6 Å². The number of carbonyl (C=O) groups excluding carboxylic acids is 1. The second kappa shape index (κ2) is 6.44. The molecule has 16 heavy (non-hydrogen) atoms. The summed E-state index contributed by atoms with van der Waals surface area (Å²) in [6.45, 7) is 3.09. The van der Waals surface area contributed by atoms with Crippen LogP contribution in [0.1, 0.15) is 13.3 Å². The van der Waals surface area contributed by atoms with Gasteiger partial charge in [-0.2, -0.15) is 0 Å². The molecule has 0 aromatic heterocycles. The zero-order valence-corrected chi connectivity index (χ0v) is 9.35. The molecule has 0 spiro atoms. The Morgan fingerprint density at radius 2 is 2.19 bits per heavy atom. The van der Waals surface area contributed by atoms with Gasteiger partial charge in [0, 0.05) is 6.54 Å². The first-order valence-corrected chi connectivity index (χ1v) is 5.35. The lowest BCUT2D eigenvalue weighted by molar-refractivity contribution is -0.161. The Morgan fingerprint density at radius 3 is 2.69 bits per heavy atom. The van der Waals surface area contributed by atoms with Crippen LogP contribution in [0.15, 0.2) is 0 Å². The van der Waals surface area contributed by atoms with E-state index in [-0.39, 0.29) is 19.1 Å². The highest BCUT2D eigenvalue weighted by Crippen LogP contribution is 2.06. The molecule has 0 aliphatic carbocycles. The monoisotopic (exact) mass is 231 g/mol. The topological polar surface area (TPSA) is 76.1 Å². The van der Waals surface area contributed by atoms with Gasteiger partial charge in [-0.25, -0.2) is 0 Å². The van der Waals surface area contributed by atoms with Crippen molar-refractivity contribution in [1.29, 1.82) is 0 Å². The van der Waals surface area contributed by atoms with Gasteiger partial charge in [0.25, 0.3) is 5.91 Å². The Morgan fingerprint density at radius 1 is 1.44 bits per heavy atom. The van der Waals surface area contributed by atoms with Crippen LogP contribution in [0, 0.1) is 0 Å². The van der Waals surface area contributed by atoms with Crippen LogP contribution >= 0.6 is 0 Å². The Labute approximate surface area is 94.1 Å². The molecule has 0 aromatic carbocycles. The zero-order chi connectivity index (χ0) is 12.0. The molecule has 1 unspecified atom stereocenters. The summed E-state index contributed by atoms with van der Waals surface area (Å²) >= 11 is 0. The Bertz CT molecular complexity index is 250. The van der Waals surface area contributed by atoms with Gasteiger partial charge in [-0.15, -0.1) is 0 Å². The first-order valence-electron chi connectivity index (χ1n) is 5.35. The van der Waals surface area contributed by atoms with Gasteiger partial charge in [0.15, 0.2) is 6.10 Å². The molecular weight excluding hydrogens is 214 g/mol. The molecule has 1 fully saturated rings. The van der Waals surface area contributed by atoms with Crippen LogP contribution in [0.5, 0.6) is 0 Å². The maximum atomic E-state index is 11.9. The van der Waals surface area contributed by atoms with Gasteiger partial charge in [-0.1, -0.05) is 6.92 Å². The third-order valence-electron chi connectivity index (χ3n) is 2.22. The van der Waals surface area contributed by atoms with Crippen molar-refractivity contribution in [3.05, 3.63) is 0 Å². The summed E-state index contributed by atoms with van der Waals surface area (Å²) < 4.78 is 10.4. The second-order valence-electron chi connectivity index (χ2n) is 3.59. The molecule has 0 aromatic rings. The fourth-order valence-corrected chi connectivity index (χ4v) is 1.53. The van der Waals surface area contributed by atoms with Crippen LogP contribution in [0.3, 0.4) is 0 Å². The van der Waals surface area contributed by atoms with Gasteiger partial charge in [0.2, 0.25) is 0 Å². The molecule has 1 saturated heterocycles. The highest BCUT2D eigenvalue weighted by molar-refractivity contribution is 5.84. The Balaban J connectivity index is 2.54. The average Bonchev–Trinajstić information content (AvgIpc) is 2.28. The molecule has 1 rings (SSSR count). The van der Waals surface area contributed by atoms with Crippen molar-refractivity contribution in [3.63, 3.8) is 0 Å². The minimum absolute atomic E-state index is 0.207. The van der Waals surface area contributed by atoms with E-state index in [9.17, 15) is 9.59 Å². The Hall–Kier alpha value is -1.14. The molecule has 0 radical (unpaired) electrons. The van der Waals surface area contributed by atoms with E-state index in [2.05, 4.69) is 0 Å². The molecule has 1 heterocycles. The van der Waals surface area contributed by atoms with Crippen LogP contribution < -0.4 is 0 Å². The fraction of sp³-hybridized carbons (Fsp3) is 0.800. The molecule has 1 amide bonds. The summed E-state index contributed by atoms with van der Waals surface area (Å²) in [5, 5.41) is 8.69. The molecule has 1 atom stereocenters. The summed E-state index contributed by atoms with van der Waals surface area (Å²) in [6, 6.07) is 0. The van der Waals surface area contributed by atoms with E-state index in [1.165, 1.54) is 4.90 Å². The van der Waals surface area contributed by atoms with E-state index < -0.39 is 12.1 Å². The maximum absolute atomic E-state index is 11.9. The van der Waals surface area contributed by atoms with E-state index in [1.807, 2.05) is 6.92 Å². The van der Waals surface area contributed by atoms with Crippen LogP contribution in [0.4, 0.5) is 0 Å². The maximum Gasteiger partial charge on any atom is 0.323 e. The minimum Gasteiger partial charge on any atom is -0.480 e. The van der Waals surface area contributed by atoms with Crippen molar-refractivity contribution in [3.8, 4) is 0 Å². The highest BCUT2D eigenvalue weighted by Gasteiger charge is 2.28. The van der Waals surface area contributed by atoms with Gasteiger partial charge in [0.1, 0.15) is 6.54 Å². The standard InChI is InChI=1S/C10H17NO5/c1-2-3-11(6-9(12)13)10(14)8-7-15-4-5-16-8/h8H,2-7H2,1H3,(H,12,13). The number of carbonyl (C=O) groups is 2. The summed E-state index contributed by atoms with van der Waals surface area (Å²) in [7, 11) is 0. The van der Waals surface area contributed by atoms with Gasteiger partial charge in [-0.05, 0) is 6.42 Å². The average molecular weight is 231 g/mol. The Kier molecular flexibility index (Phi) is 5.21. The third kappa shape index (κ3) is 3.79. The number of aliphatic carboxylic acids is 1. The number of hydrogen-bond donors (Lipinski definition) is 1. The normalized spacial score (nSPS) is 20.4. The van der Waals surface area contributed by atoms with Gasteiger partial charge in [-0.3, -0.25) is 9.59 Å². The SMILES string of the molecule is CCCN(CC(=O)O)C(=O)C1COCCO1. The van der Waals surface area contributed by atoms with Crippen LogP contribution in [0.25, 0.3) is 0 Å². The molecule has 1 aliphatic rings. The lowest BCUT2D eigenvalue weighted by Crippen LogP contribution is -2.47. The lowest BCUT2D eigenvalue weighted by atomic mass is 10.2. The van der Waals surface area contributed by atoms with Crippen molar-refractivity contribution < 1.29 is 24.2 Å². The van der Waals surface area contributed by atoms with E-state index in [1.54, 1.807) is 0 Å². The quantitative estimate of drug-likeness (QED) is 0.704. The molecule has 0 bridgehead atoms. The molecule has 92 valence electrons. The number of rotatable bonds is 5. The van der Waals surface area contributed by atoms with Crippen molar-refractivity contribution >= 4 is 11.9 Å². The summed E-state index contributed by atoms with van der Waals surface area (Å²) in [5.74, 6) is -1.32. The van der Waals surface area contributed by atoms with Crippen molar-refractivity contribution in [1.82, 2.24) is 4.90 Å². The van der Waals surface area contributed by atoms with Crippen molar-refractivity contribution in [2.45, 2.75) is 19.4 Å². The number of nitrogens with zero attached hydrogens (tertiary/aromatic N) is 1. The third-order valence-corrected chi connectivity index (χ3v) is 2.22. The fourth-order valence-electron chi connectivity index (χ4n) is 1.53. The summed E-state index contributed by atoms with van der Waals surface area (Å²) in [4.78, 5) is 23.8. The number of ether oxygens (including phenoxy) is 2. The van der Waals surface area contributed by atoms with Crippen LogP contribution in [0.2, 0.25) is 0 Å². The molecule has 1 N–H and O–H groups in total. The van der Waals surface area contributed by atoms with E-state index >= 15 is 0 Å². The van der Waals surface area contributed by atoms with Gasteiger partial charge < -0.3 is 19.5 Å². The first-order chi connectivity index (χ1) is 7.65. The van der Waals surface area contributed by atoms with Crippen molar-refractivity contribution in [2.24, 2.45) is 0 Å². The number of carboxylic acid groups (broad SMARTS) is 1. The molecular formula is C10H17NO5. The minimum atomic E-state index is -1.02. The van der Waals surface area contributed by atoms with Crippen LogP contribution in [-0.2, 0) is 19.1 Å². The largest absolute Gasteiger partial charge is 0.480 e. The predicted octanol–water partition coefficient (Wildman–Crippen LogP) is -0.275. The molecule has 0 saturated carbocycles. The molecule has 6 heteroatoms. The molecule has 1 aliphatic heterocycles. The van der Waals surface area contributed by atoms with E-state index in [0.717, 1.165) is 0 Å². The van der Waals surface area contributed by atoms with Crippen molar-refractivity contribution in [2.75, 3.05) is 32.9 Å².